The number of imidazole rings is 1. The molecule has 0 saturated carbocycles. The fraction of sp³-hybridized carbons (Fsp3) is 0.333. The Kier molecular flexibility index (Phi) is 3.28. The molecule has 3 rings (SSSR count). The van der Waals surface area contributed by atoms with Crippen molar-refractivity contribution in [2.75, 3.05) is 7.05 Å². The molecule has 2 aromatic heterocycles. The molecule has 3 aromatic rings. The lowest BCUT2D eigenvalue weighted by Gasteiger charge is -2.03. The van der Waals surface area contributed by atoms with Gasteiger partial charge in [-0.05, 0) is 44.2 Å². The predicted molar refractivity (Wildman–Crippen MR) is 77.6 cm³/mol. The predicted octanol–water partition coefficient (Wildman–Crippen LogP) is 2.41. The second-order valence-corrected chi connectivity index (χ2v) is 5.11. The van der Waals surface area contributed by atoms with Crippen molar-refractivity contribution >= 4 is 11.0 Å². The van der Waals surface area contributed by atoms with Gasteiger partial charge >= 0.3 is 0 Å². The van der Waals surface area contributed by atoms with E-state index in [1.165, 1.54) is 11.1 Å². The maximum atomic E-state index is 5.35. The zero-order valence-electron chi connectivity index (χ0n) is 12.0. The number of benzene rings is 1. The number of nitrogens with one attached hydrogen (secondary N) is 1. The van der Waals surface area contributed by atoms with Gasteiger partial charge in [0.2, 0.25) is 0 Å². The van der Waals surface area contributed by atoms with E-state index in [-0.39, 0.29) is 0 Å². The van der Waals surface area contributed by atoms with E-state index in [0.717, 1.165) is 22.5 Å². The molecule has 0 aliphatic carbocycles. The van der Waals surface area contributed by atoms with Crippen LogP contribution >= 0.6 is 0 Å². The van der Waals surface area contributed by atoms with Crippen LogP contribution < -0.4 is 5.32 Å². The summed E-state index contributed by atoms with van der Waals surface area (Å²) in [5.41, 5.74) is 5.59. The van der Waals surface area contributed by atoms with Gasteiger partial charge in [-0.2, -0.15) is 0 Å². The quantitative estimate of drug-likeness (QED) is 0.791. The summed E-state index contributed by atoms with van der Waals surface area (Å²) in [6.07, 6.45) is 1.85. The van der Waals surface area contributed by atoms with Crippen LogP contribution in [0.15, 0.2) is 29.0 Å². The summed E-state index contributed by atoms with van der Waals surface area (Å²) in [5.74, 6) is 0.841. The van der Waals surface area contributed by atoms with Crippen molar-refractivity contribution in [2.24, 2.45) is 0 Å². The molecule has 1 aromatic carbocycles. The minimum Gasteiger partial charge on any atom is -0.359 e. The molecule has 0 radical (unpaired) electrons. The van der Waals surface area contributed by atoms with Crippen LogP contribution in [0.25, 0.3) is 11.0 Å². The molecule has 0 atom stereocenters. The van der Waals surface area contributed by atoms with Gasteiger partial charge in [0, 0.05) is 12.6 Å². The van der Waals surface area contributed by atoms with Gasteiger partial charge in [-0.3, -0.25) is 0 Å². The summed E-state index contributed by atoms with van der Waals surface area (Å²) in [6.45, 7) is 5.59. The van der Waals surface area contributed by atoms with Crippen LogP contribution in [0.3, 0.4) is 0 Å². The lowest BCUT2D eigenvalue weighted by molar-refractivity contribution is 0.370. The molecule has 0 bridgehead atoms. The van der Waals surface area contributed by atoms with E-state index in [2.05, 4.69) is 46.0 Å². The number of rotatable bonds is 4. The SMILES string of the molecule is CNCc1cc(Cn2cnc3cc(C)c(C)cc32)on1. The fourth-order valence-corrected chi connectivity index (χ4v) is 2.30. The van der Waals surface area contributed by atoms with Gasteiger partial charge in [0.25, 0.3) is 0 Å². The summed E-state index contributed by atoms with van der Waals surface area (Å²) in [5, 5.41) is 7.08. The number of aromatic nitrogens is 3. The van der Waals surface area contributed by atoms with E-state index in [0.29, 0.717) is 13.1 Å². The van der Waals surface area contributed by atoms with Crippen LogP contribution in [0.2, 0.25) is 0 Å². The number of hydrogen-bond acceptors (Lipinski definition) is 4. The lowest BCUT2D eigenvalue weighted by Crippen LogP contribution is -2.04. The zero-order valence-corrected chi connectivity index (χ0v) is 12.0. The van der Waals surface area contributed by atoms with E-state index >= 15 is 0 Å². The van der Waals surface area contributed by atoms with Gasteiger partial charge in [0.05, 0.1) is 29.6 Å². The highest BCUT2D eigenvalue weighted by atomic mass is 16.5. The molecule has 0 aliphatic heterocycles. The van der Waals surface area contributed by atoms with Crippen molar-refractivity contribution in [3.8, 4) is 0 Å². The van der Waals surface area contributed by atoms with Gasteiger partial charge in [-0.25, -0.2) is 4.98 Å². The average molecular weight is 270 g/mol. The van der Waals surface area contributed by atoms with E-state index in [9.17, 15) is 0 Å². The van der Waals surface area contributed by atoms with Gasteiger partial charge in [0.15, 0.2) is 5.76 Å². The third-order valence-electron chi connectivity index (χ3n) is 3.53. The van der Waals surface area contributed by atoms with Crippen molar-refractivity contribution in [2.45, 2.75) is 26.9 Å². The molecule has 104 valence electrons. The van der Waals surface area contributed by atoms with Gasteiger partial charge in [-0.15, -0.1) is 0 Å². The minimum absolute atomic E-state index is 0.649. The van der Waals surface area contributed by atoms with Crippen molar-refractivity contribution in [3.63, 3.8) is 0 Å². The van der Waals surface area contributed by atoms with Crippen LogP contribution in [-0.4, -0.2) is 21.8 Å². The van der Waals surface area contributed by atoms with Gasteiger partial charge in [0.1, 0.15) is 0 Å². The van der Waals surface area contributed by atoms with Crippen LogP contribution in [0, 0.1) is 13.8 Å². The fourth-order valence-electron chi connectivity index (χ4n) is 2.30. The Morgan fingerprint density at radius 2 is 2.00 bits per heavy atom. The highest BCUT2D eigenvalue weighted by Gasteiger charge is 2.09. The van der Waals surface area contributed by atoms with E-state index < -0.39 is 0 Å². The molecule has 2 heterocycles. The van der Waals surface area contributed by atoms with Crippen molar-refractivity contribution in [1.29, 1.82) is 0 Å². The van der Waals surface area contributed by atoms with E-state index in [4.69, 9.17) is 4.52 Å². The first-order valence-corrected chi connectivity index (χ1v) is 6.68. The molecule has 1 N–H and O–H groups in total. The Labute approximate surface area is 117 Å². The number of fused-ring (bicyclic) bond motifs is 1. The Balaban J connectivity index is 1.92. The molecule has 0 fully saturated rings. The number of nitrogens with zero attached hydrogens (tertiary/aromatic N) is 3. The van der Waals surface area contributed by atoms with Crippen molar-refractivity contribution in [3.05, 3.63) is 47.1 Å². The first-order chi connectivity index (χ1) is 9.67. The van der Waals surface area contributed by atoms with Crippen LogP contribution in [-0.2, 0) is 13.1 Å². The third kappa shape index (κ3) is 2.32. The Hall–Kier alpha value is -2.14. The topological polar surface area (TPSA) is 55.9 Å². The standard InChI is InChI=1S/C15H18N4O/c1-10-4-14-15(5-11(10)2)19(9-17-14)8-13-6-12(7-16-3)18-20-13/h4-6,9,16H,7-8H2,1-3H3. The molecular formula is C15H18N4O. The molecule has 0 aliphatic rings. The molecule has 20 heavy (non-hydrogen) atoms. The van der Waals surface area contributed by atoms with Crippen LogP contribution in [0.5, 0.6) is 0 Å². The van der Waals surface area contributed by atoms with Crippen LogP contribution in [0.4, 0.5) is 0 Å². The Morgan fingerprint density at radius 3 is 2.80 bits per heavy atom. The molecule has 0 unspecified atom stereocenters. The molecule has 5 heteroatoms. The summed E-state index contributed by atoms with van der Waals surface area (Å²) < 4.78 is 7.44. The molecule has 0 spiro atoms. The van der Waals surface area contributed by atoms with E-state index in [1.807, 2.05) is 19.4 Å². The van der Waals surface area contributed by atoms with Gasteiger partial charge in [-0.1, -0.05) is 5.16 Å². The monoisotopic (exact) mass is 270 g/mol. The van der Waals surface area contributed by atoms with Crippen molar-refractivity contribution in [1.82, 2.24) is 20.0 Å². The zero-order chi connectivity index (χ0) is 14.1. The first-order valence-electron chi connectivity index (χ1n) is 6.68. The Morgan fingerprint density at radius 1 is 1.20 bits per heavy atom. The smallest absolute Gasteiger partial charge is 0.156 e. The first kappa shape index (κ1) is 12.9. The van der Waals surface area contributed by atoms with Crippen molar-refractivity contribution < 1.29 is 4.52 Å². The minimum atomic E-state index is 0.649. The second kappa shape index (κ2) is 5.09. The molecule has 0 amide bonds. The van der Waals surface area contributed by atoms with E-state index in [1.54, 1.807) is 0 Å². The summed E-state index contributed by atoms with van der Waals surface area (Å²) >= 11 is 0. The maximum Gasteiger partial charge on any atom is 0.156 e. The molecule has 0 saturated heterocycles. The third-order valence-corrected chi connectivity index (χ3v) is 3.53. The molecule has 5 nitrogen and oxygen atoms in total. The summed E-state index contributed by atoms with van der Waals surface area (Å²) in [6, 6.07) is 6.26. The lowest BCUT2D eigenvalue weighted by atomic mass is 10.1. The second-order valence-electron chi connectivity index (χ2n) is 5.11. The maximum absolute atomic E-state index is 5.35. The highest BCUT2D eigenvalue weighted by molar-refractivity contribution is 5.77. The van der Waals surface area contributed by atoms with Gasteiger partial charge < -0.3 is 14.4 Å². The van der Waals surface area contributed by atoms with Crippen LogP contribution in [0.1, 0.15) is 22.6 Å². The number of hydrogen-bond donors (Lipinski definition) is 1. The highest BCUT2D eigenvalue weighted by Crippen LogP contribution is 2.19. The summed E-state index contributed by atoms with van der Waals surface area (Å²) in [7, 11) is 1.89. The Bertz CT molecular complexity index is 741. The molecular weight excluding hydrogens is 252 g/mol. The largest absolute Gasteiger partial charge is 0.359 e. The average Bonchev–Trinajstić information content (AvgIpc) is 3.00. The normalized spacial score (nSPS) is 11.3. The summed E-state index contributed by atoms with van der Waals surface area (Å²) in [4.78, 5) is 4.45. The number of aryl methyl sites for hydroxylation is 2.